The molecule has 0 bridgehead atoms. The number of carboxylic acid groups (broad SMARTS) is 1. The maximum Gasteiger partial charge on any atom is 0.328 e. The molecule has 0 fully saturated rings. The number of allylic oxidation sites excluding steroid dienone is 4. The molecule has 0 saturated heterocycles. The van der Waals surface area contributed by atoms with E-state index in [9.17, 15) is 9.90 Å². The smallest absolute Gasteiger partial charge is 0.328 e. The van der Waals surface area contributed by atoms with Gasteiger partial charge in [-0.1, -0.05) is 83.3 Å². The molecule has 4 heteroatoms. The van der Waals surface area contributed by atoms with Gasteiger partial charge in [0, 0.05) is 6.08 Å². The van der Waals surface area contributed by atoms with E-state index in [1.54, 1.807) is 0 Å². The highest BCUT2D eigenvalue weighted by Crippen LogP contribution is 2.18. The Morgan fingerprint density at radius 2 is 1.38 bits per heavy atom. The summed E-state index contributed by atoms with van der Waals surface area (Å²) in [4.78, 5) is 10.3. The van der Waals surface area contributed by atoms with Crippen LogP contribution >= 0.6 is 22.6 Å². The van der Waals surface area contributed by atoms with Crippen molar-refractivity contribution >= 4 is 28.6 Å². The van der Waals surface area contributed by atoms with Crippen LogP contribution in [0.25, 0.3) is 0 Å². The van der Waals surface area contributed by atoms with E-state index < -0.39 is 5.97 Å². The van der Waals surface area contributed by atoms with Crippen molar-refractivity contribution in [1.29, 1.82) is 0 Å². The monoisotopic (exact) mass is 448 g/mol. The third-order valence-electron chi connectivity index (χ3n) is 3.87. The minimum Gasteiger partial charge on any atom is -0.507 e. The molecule has 0 unspecified atom stereocenters. The predicted octanol–water partition coefficient (Wildman–Crippen LogP) is 7.09. The lowest BCUT2D eigenvalue weighted by atomic mass is 10.1. The lowest BCUT2D eigenvalue weighted by Crippen LogP contribution is -1.86. The molecule has 0 spiro atoms. The van der Waals surface area contributed by atoms with Gasteiger partial charge >= 0.3 is 5.97 Å². The summed E-state index contributed by atoms with van der Waals surface area (Å²) in [5.41, 5.74) is 0. The van der Waals surface area contributed by atoms with E-state index in [0.29, 0.717) is 0 Å². The molecule has 0 saturated carbocycles. The van der Waals surface area contributed by atoms with E-state index in [4.69, 9.17) is 5.11 Å². The summed E-state index contributed by atoms with van der Waals surface area (Å²) in [6.45, 7) is 2.25. The van der Waals surface area contributed by atoms with E-state index in [-0.39, 0.29) is 5.76 Å². The number of carbonyl (C=O) groups is 1. The molecule has 0 heterocycles. The molecule has 0 amide bonds. The molecule has 138 valence electrons. The first-order valence-electron chi connectivity index (χ1n) is 9.24. The normalized spacial score (nSPS) is 12.9. The van der Waals surface area contributed by atoms with Gasteiger partial charge in [0.25, 0.3) is 0 Å². The van der Waals surface area contributed by atoms with Crippen LogP contribution in [0.2, 0.25) is 0 Å². The van der Waals surface area contributed by atoms with E-state index in [1.165, 1.54) is 76.4 Å². The number of rotatable bonds is 15. The Bertz CT molecular complexity index is 411. The van der Waals surface area contributed by atoms with Crippen molar-refractivity contribution in [3.05, 3.63) is 33.6 Å². The molecule has 0 aromatic rings. The fourth-order valence-electron chi connectivity index (χ4n) is 2.44. The predicted molar refractivity (Wildman–Crippen MR) is 111 cm³/mol. The van der Waals surface area contributed by atoms with Crippen molar-refractivity contribution in [2.24, 2.45) is 0 Å². The average molecular weight is 448 g/mol. The van der Waals surface area contributed by atoms with Crippen molar-refractivity contribution in [1.82, 2.24) is 0 Å². The van der Waals surface area contributed by atoms with Crippen molar-refractivity contribution < 1.29 is 15.0 Å². The third kappa shape index (κ3) is 16.1. The Morgan fingerprint density at radius 1 is 0.875 bits per heavy atom. The van der Waals surface area contributed by atoms with Gasteiger partial charge in [0.1, 0.15) is 5.76 Å². The van der Waals surface area contributed by atoms with Crippen LogP contribution in [0.5, 0.6) is 0 Å². The number of aliphatic carboxylic acids is 1. The van der Waals surface area contributed by atoms with Gasteiger partial charge in [-0.2, -0.15) is 0 Å². The summed E-state index contributed by atoms with van der Waals surface area (Å²) < 4.78 is 0.773. The van der Waals surface area contributed by atoms with E-state index in [1.807, 2.05) is 6.08 Å². The highest BCUT2D eigenvalue weighted by Gasteiger charge is 1.97. The first-order chi connectivity index (χ1) is 11.6. The summed E-state index contributed by atoms with van der Waals surface area (Å²) in [5, 5.41) is 18.2. The molecule has 0 aromatic heterocycles. The molecular weight excluding hydrogens is 415 g/mol. The SMILES string of the molecule is CCCCCCCCCCCCCC=C(I)C(O)=CC=CC(=O)O. The maximum absolute atomic E-state index is 10.3. The largest absolute Gasteiger partial charge is 0.507 e. The standard InChI is InChI=1S/C20H33IO3/c1-2-3-4-5-6-7-8-9-10-11-12-13-15-18(21)19(22)16-14-17-20(23)24/h14-17,22H,2-13H2,1H3,(H,23,24). The zero-order valence-electron chi connectivity index (χ0n) is 15.0. The second kappa shape index (κ2) is 17.1. The zero-order chi connectivity index (χ0) is 18.0. The molecule has 2 N–H and O–H groups in total. The Hall–Kier alpha value is -0.780. The Balaban J connectivity index is 3.58. The molecule has 0 radical (unpaired) electrons. The van der Waals surface area contributed by atoms with Gasteiger partial charge in [-0.15, -0.1) is 0 Å². The first-order valence-corrected chi connectivity index (χ1v) is 10.3. The van der Waals surface area contributed by atoms with Gasteiger partial charge in [0.15, 0.2) is 0 Å². The number of hydrogen-bond donors (Lipinski definition) is 2. The fraction of sp³-hybridized carbons (Fsp3) is 0.650. The van der Waals surface area contributed by atoms with Crippen LogP contribution in [0.1, 0.15) is 84.0 Å². The number of unbranched alkanes of at least 4 members (excludes halogenated alkanes) is 11. The Kier molecular flexibility index (Phi) is 16.5. The molecule has 0 aliphatic heterocycles. The van der Waals surface area contributed by atoms with E-state index in [0.717, 1.165) is 22.5 Å². The minimum atomic E-state index is -1.01. The lowest BCUT2D eigenvalue weighted by molar-refractivity contribution is -0.131. The molecule has 0 aromatic carbocycles. The summed E-state index contributed by atoms with van der Waals surface area (Å²) in [5.74, 6) is -0.893. The topological polar surface area (TPSA) is 57.5 Å². The molecule has 24 heavy (non-hydrogen) atoms. The van der Waals surface area contributed by atoms with Gasteiger partial charge in [-0.05, 0) is 41.5 Å². The van der Waals surface area contributed by atoms with Crippen LogP contribution < -0.4 is 0 Å². The molecule has 0 aliphatic carbocycles. The van der Waals surface area contributed by atoms with Gasteiger partial charge in [-0.25, -0.2) is 4.79 Å². The summed E-state index contributed by atoms with van der Waals surface area (Å²) in [6, 6.07) is 0. The lowest BCUT2D eigenvalue weighted by Gasteiger charge is -2.02. The molecule has 3 nitrogen and oxygen atoms in total. The molecule has 0 aliphatic rings. The van der Waals surface area contributed by atoms with Crippen LogP contribution in [-0.4, -0.2) is 16.2 Å². The van der Waals surface area contributed by atoms with Gasteiger partial charge in [0.05, 0.1) is 3.58 Å². The number of aliphatic hydroxyl groups is 1. The van der Waals surface area contributed by atoms with Crippen molar-refractivity contribution in [2.45, 2.75) is 84.0 Å². The maximum atomic E-state index is 10.3. The molecule has 0 rings (SSSR count). The summed E-state index contributed by atoms with van der Waals surface area (Å²) in [7, 11) is 0. The van der Waals surface area contributed by atoms with Crippen molar-refractivity contribution in [3.63, 3.8) is 0 Å². The van der Waals surface area contributed by atoms with Crippen LogP contribution in [0, 0.1) is 0 Å². The minimum absolute atomic E-state index is 0.121. The number of aliphatic hydroxyl groups excluding tert-OH is 1. The van der Waals surface area contributed by atoms with Crippen LogP contribution in [0.3, 0.4) is 0 Å². The van der Waals surface area contributed by atoms with Gasteiger partial charge in [0.2, 0.25) is 0 Å². The van der Waals surface area contributed by atoms with Crippen LogP contribution in [0.4, 0.5) is 0 Å². The second-order valence-electron chi connectivity index (χ2n) is 6.13. The molecule has 0 atom stereocenters. The zero-order valence-corrected chi connectivity index (χ0v) is 17.1. The third-order valence-corrected chi connectivity index (χ3v) is 4.86. The van der Waals surface area contributed by atoms with Crippen LogP contribution in [-0.2, 0) is 4.79 Å². The second-order valence-corrected chi connectivity index (χ2v) is 7.29. The Labute approximate surface area is 161 Å². The van der Waals surface area contributed by atoms with Crippen LogP contribution in [0.15, 0.2) is 33.6 Å². The molecular formula is C20H33IO3. The van der Waals surface area contributed by atoms with Crippen molar-refractivity contribution in [2.75, 3.05) is 0 Å². The highest BCUT2D eigenvalue weighted by molar-refractivity contribution is 14.1. The van der Waals surface area contributed by atoms with Gasteiger partial charge < -0.3 is 10.2 Å². The average Bonchev–Trinajstić information content (AvgIpc) is 2.55. The summed E-state index contributed by atoms with van der Waals surface area (Å²) in [6.07, 6.45) is 21.3. The quantitative estimate of drug-likeness (QED) is 0.0925. The number of halogens is 1. The highest BCUT2D eigenvalue weighted by atomic mass is 127. The summed E-state index contributed by atoms with van der Waals surface area (Å²) >= 11 is 2.08. The van der Waals surface area contributed by atoms with E-state index in [2.05, 4.69) is 29.5 Å². The first kappa shape index (κ1) is 23.2. The Morgan fingerprint density at radius 3 is 1.88 bits per heavy atom. The fourth-order valence-corrected chi connectivity index (χ4v) is 2.93. The van der Waals surface area contributed by atoms with E-state index >= 15 is 0 Å². The van der Waals surface area contributed by atoms with Gasteiger partial charge in [-0.3, -0.25) is 0 Å². The van der Waals surface area contributed by atoms with Crippen molar-refractivity contribution in [3.8, 4) is 0 Å². The number of hydrogen-bond acceptors (Lipinski definition) is 2. The number of carboxylic acids is 1.